The first kappa shape index (κ1) is 11.3. The van der Waals surface area contributed by atoms with Crippen molar-refractivity contribution in [1.29, 1.82) is 0 Å². The molecule has 3 nitrogen and oxygen atoms in total. The van der Waals surface area contributed by atoms with Crippen molar-refractivity contribution in [1.82, 2.24) is 10.6 Å². The van der Waals surface area contributed by atoms with E-state index < -0.39 is 0 Å². The van der Waals surface area contributed by atoms with Crippen molar-refractivity contribution in [3.63, 3.8) is 0 Å². The fraction of sp³-hybridized carbons (Fsp3) is 0.909. The highest BCUT2D eigenvalue weighted by atomic mass is 32.2. The summed E-state index contributed by atoms with van der Waals surface area (Å²) in [7, 11) is 0. The summed E-state index contributed by atoms with van der Waals surface area (Å²) in [5.41, 5.74) is 0. The molecule has 0 spiro atoms. The molecule has 0 aromatic carbocycles. The van der Waals surface area contributed by atoms with E-state index in [-0.39, 0.29) is 5.91 Å². The summed E-state index contributed by atoms with van der Waals surface area (Å²) in [5.74, 6) is 4.20. The molecular formula is C11H20N2OS. The standard InChI is InChI=1S/C11H20N2OS/c14-11(7-12-5-9-1-2-9)13-6-10-3-4-15-8-10/h9-10,12H,1-8H2,(H,13,14). The molecule has 1 saturated carbocycles. The van der Waals surface area contributed by atoms with Crippen LogP contribution in [0.25, 0.3) is 0 Å². The third-order valence-corrected chi connectivity index (χ3v) is 4.26. The lowest BCUT2D eigenvalue weighted by molar-refractivity contribution is -0.120. The van der Waals surface area contributed by atoms with Gasteiger partial charge < -0.3 is 10.6 Å². The Morgan fingerprint density at radius 3 is 2.73 bits per heavy atom. The Morgan fingerprint density at radius 1 is 1.20 bits per heavy atom. The normalized spacial score (nSPS) is 25.5. The summed E-state index contributed by atoms with van der Waals surface area (Å²) in [6, 6.07) is 0. The van der Waals surface area contributed by atoms with E-state index in [1.807, 2.05) is 11.8 Å². The van der Waals surface area contributed by atoms with Crippen molar-refractivity contribution in [3.05, 3.63) is 0 Å². The van der Waals surface area contributed by atoms with Gasteiger partial charge in [0, 0.05) is 6.54 Å². The summed E-state index contributed by atoms with van der Waals surface area (Å²) < 4.78 is 0. The van der Waals surface area contributed by atoms with Crippen molar-refractivity contribution in [3.8, 4) is 0 Å². The molecule has 1 heterocycles. The van der Waals surface area contributed by atoms with Crippen LogP contribution < -0.4 is 10.6 Å². The lowest BCUT2D eigenvalue weighted by atomic mass is 10.1. The second-order valence-corrected chi connectivity index (χ2v) is 5.76. The summed E-state index contributed by atoms with van der Waals surface area (Å²) in [6.07, 6.45) is 3.95. The maximum Gasteiger partial charge on any atom is 0.233 e. The second-order valence-electron chi connectivity index (χ2n) is 4.61. The first-order chi connectivity index (χ1) is 7.34. The zero-order valence-corrected chi connectivity index (χ0v) is 9.94. The number of carbonyl (C=O) groups is 1. The lowest BCUT2D eigenvalue weighted by Gasteiger charge is -2.10. The highest BCUT2D eigenvalue weighted by molar-refractivity contribution is 7.99. The third-order valence-electron chi connectivity index (χ3n) is 3.03. The monoisotopic (exact) mass is 228 g/mol. The van der Waals surface area contributed by atoms with Gasteiger partial charge in [0.25, 0.3) is 0 Å². The molecule has 0 aromatic rings. The van der Waals surface area contributed by atoms with E-state index in [0.29, 0.717) is 12.5 Å². The molecule has 4 heteroatoms. The molecule has 1 aliphatic carbocycles. The van der Waals surface area contributed by atoms with Gasteiger partial charge in [-0.25, -0.2) is 0 Å². The maximum absolute atomic E-state index is 11.4. The summed E-state index contributed by atoms with van der Waals surface area (Å²) >= 11 is 2.00. The maximum atomic E-state index is 11.4. The minimum Gasteiger partial charge on any atom is -0.355 e. The Balaban J connectivity index is 1.47. The predicted octanol–water partition coefficient (Wildman–Crippen LogP) is 0.855. The van der Waals surface area contributed by atoms with Crippen LogP contribution in [0.3, 0.4) is 0 Å². The van der Waals surface area contributed by atoms with Gasteiger partial charge >= 0.3 is 0 Å². The molecule has 2 fully saturated rings. The summed E-state index contributed by atoms with van der Waals surface area (Å²) in [6.45, 7) is 2.39. The Kier molecular flexibility index (Phi) is 4.32. The minimum absolute atomic E-state index is 0.160. The van der Waals surface area contributed by atoms with E-state index in [9.17, 15) is 4.79 Å². The number of nitrogens with one attached hydrogen (secondary N) is 2. The van der Waals surface area contributed by atoms with Gasteiger partial charge in [-0.2, -0.15) is 11.8 Å². The molecule has 86 valence electrons. The SMILES string of the molecule is O=C(CNCC1CC1)NCC1CCSC1. The van der Waals surface area contributed by atoms with Crippen LogP contribution in [0, 0.1) is 11.8 Å². The van der Waals surface area contributed by atoms with Crippen LogP contribution in [0.1, 0.15) is 19.3 Å². The van der Waals surface area contributed by atoms with Gasteiger partial charge in [0.2, 0.25) is 5.91 Å². The number of hydrogen-bond acceptors (Lipinski definition) is 3. The molecular weight excluding hydrogens is 208 g/mol. The molecule has 1 aliphatic heterocycles. The highest BCUT2D eigenvalue weighted by Crippen LogP contribution is 2.27. The van der Waals surface area contributed by atoms with E-state index in [1.165, 1.54) is 30.8 Å². The molecule has 0 radical (unpaired) electrons. The molecule has 1 unspecified atom stereocenters. The minimum atomic E-state index is 0.160. The lowest BCUT2D eigenvalue weighted by Crippen LogP contribution is -2.37. The third kappa shape index (κ3) is 4.43. The fourth-order valence-corrected chi connectivity index (χ4v) is 3.06. The molecule has 0 bridgehead atoms. The Morgan fingerprint density at radius 2 is 2.07 bits per heavy atom. The predicted molar refractivity (Wildman–Crippen MR) is 64.0 cm³/mol. The Bertz CT molecular complexity index is 213. The van der Waals surface area contributed by atoms with Crippen LogP contribution >= 0.6 is 11.8 Å². The summed E-state index contributed by atoms with van der Waals surface area (Å²) in [4.78, 5) is 11.4. The molecule has 0 aromatic heterocycles. The molecule has 1 atom stereocenters. The average Bonchev–Trinajstić information content (AvgIpc) is 2.91. The van der Waals surface area contributed by atoms with E-state index in [4.69, 9.17) is 0 Å². The highest BCUT2D eigenvalue weighted by Gasteiger charge is 2.20. The van der Waals surface area contributed by atoms with Crippen LogP contribution in [0.2, 0.25) is 0 Å². The van der Waals surface area contributed by atoms with Gasteiger partial charge in [0.05, 0.1) is 6.54 Å². The van der Waals surface area contributed by atoms with Crippen molar-refractivity contribution in [2.45, 2.75) is 19.3 Å². The van der Waals surface area contributed by atoms with Gasteiger partial charge in [-0.15, -0.1) is 0 Å². The van der Waals surface area contributed by atoms with Crippen molar-refractivity contribution < 1.29 is 4.79 Å². The molecule has 1 amide bonds. The van der Waals surface area contributed by atoms with Gasteiger partial charge in [0.15, 0.2) is 0 Å². The smallest absolute Gasteiger partial charge is 0.233 e. The Labute approximate surface area is 95.8 Å². The number of rotatable bonds is 6. The molecule has 2 aliphatic rings. The van der Waals surface area contributed by atoms with Gasteiger partial charge in [-0.05, 0) is 49.1 Å². The van der Waals surface area contributed by atoms with E-state index >= 15 is 0 Å². The summed E-state index contributed by atoms with van der Waals surface area (Å²) in [5, 5.41) is 6.21. The fourth-order valence-electron chi connectivity index (χ4n) is 1.78. The van der Waals surface area contributed by atoms with Crippen LogP contribution in [0.15, 0.2) is 0 Å². The van der Waals surface area contributed by atoms with Crippen molar-refractivity contribution >= 4 is 17.7 Å². The van der Waals surface area contributed by atoms with Gasteiger partial charge in [0.1, 0.15) is 0 Å². The molecule has 1 saturated heterocycles. The largest absolute Gasteiger partial charge is 0.355 e. The molecule has 2 N–H and O–H groups in total. The molecule has 15 heavy (non-hydrogen) atoms. The van der Waals surface area contributed by atoms with Gasteiger partial charge in [-0.1, -0.05) is 0 Å². The zero-order valence-electron chi connectivity index (χ0n) is 9.13. The average molecular weight is 228 g/mol. The quantitative estimate of drug-likeness (QED) is 0.708. The molecule has 2 rings (SSSR count). The van der Waals surface area contributed by atoms with Crippen LogP contribution in [-0.4, -0.2) is 37.0 Å². The number of carbonyl (C=O) groups excluding carboxylic acids is 1. The van der Waals surface area contributed by atoms with Crippen LogP contribution in [-0.2, 0) is 4.79 Å². The zero-order chi connectivity index (χ0) is 10.5. The van der Waals surface area contributed by atoms with E-state index in [2.05, 4.69) is 10.6 Å². The van der Waals surface area contributed by atoms with Gasteiger partial charge in [-0.3, -0.25) is 4.79 Å². The first-order valence-electron chi connectivity index (χ1n) is 5.90. The number of amides is 1. The second kappa shape index (κ2) is 5.75. The van der Waals surface area contributed by atoms with E-state index in [0.717, 1.165) is 19.0 Å². The topological polar surface area (TPSA) is 41.1 Å². The van der Waals surface area contributed by atoms with Crippen LogP contribution in [0.4, 0.5) is 0 Å². The number of hydrogen-bond donors (Lipinski definition) is 2. The number of thioether (sulfide) groups is 1. The van der Waals surface area contributed by atoms with Crippen LogP contribution in [0.5, 0.6) is 0 Å². The van der Waals surface area contributed by atoms with Crippen molar-refractivity contribution in [2.75, 3.05) is 31.1 Å². The van der Waals surface area contributed by atoms with Crippen molar-refractivity contribution in [2.24, 2.45) is 11.8 Å². The first-order valence-corrected chi connectivity index (χ1v) is 7.05. The van der Waals surface area contributed by atoms with E-state index in [1.54, 1.807) is 0 Å². The Hall–Kier alpha value is -0.220.